The minimum atomic E-state index is -0.228. The zero-order valence-electron chi connectivity index (χ0n) is 15.3. The van der Waals surface area contributed by atoms with E-state index in [-0.39, 0.29) is 5.91 Å². The lowest BCUT2D eigenvalue weighted by atomic mass is 10.1. The highest BCUT2D eigenvalue weighted by atomic mass is 35.5. The highest BCUT2D eigenvalue weighted by Gasteiger charge is 2.18. The molecule has 0 bridgehead atoms. The molecular weight excluding hydrogens is 370 g/mol. The Labute approximate surface area is 168 Å². The lowest BCUT2D eigenvalue weighted by molar-refractivity contribution is 0.101. The van der Waals surface area contributed by atoms with Gasteiger partial charge in [-0.3, -0.25) is 4.79 Å². The van der Waals surface area contributed by atoms with Crippen molar-refractivity contribution >= 4 is 23.2 Å². The third-order valence-electron chi connectivity index (χ3n) is 4.39. The Morgan fingerprint density at radius 3 is 2.29 bits per heavy atom. The SMILES string of the molecule is Cc1ccc(NC(=O)c2cc(-c3ccccc3)nn2-c2ccc(Cl)cc2)cc1. The number of hydrogen-bond acceptors (Lipinski definition) is 2. The van der Waals surface area contributed by atoms with Gasteiger partial charge >= 0.3 is 0 Å². The molecule has 5 heteroatoms. The predicted molar refractivity (Wildman–Crippen MR) is 113 cm³/mol. The van der Waals surface area contributed by atoms with Gasteiger partial charge in [-0.15, -0.1) is 0 Å². The number of hydrogen-bond donors (Lipinski definition) is 1. The Kier molecular flexibility index (Phi) is 4.96. The summed E-state index contributed by atoms with van der Waals surface area (Å²) in [6, 6.07) is 26.5. The Morgan fingerprint density at radius 2 is 1.61 bits per heavy atom. The molecule has 0 spiro atoms. The highest BCUT2D eigenvalue weighted by molar-refractivity contribution is 6.30. The molecule has 3 aromatic carbocycles. The summed E-state index contributed by atoms with van der Waals surface area (Å²) < 4.78 is 1.64. The van der Waals surface area contributed by atoms with Crippen molar-refractivity contribution < 1.29 is 4.79 Å². The van der Waals surface area contributed by atoms with Gasteiger partial charge in [-0.1, -0.05) is 59.6 Å². The second-order valence-corrected chi connectivity index (χ2v) is 6.93. The zero-order valence-corrected chi connectivity index (χ0v) is 16.0. The van der Waals surface area contributed by atoms with Gasteiger partial charge < -0.3 is 5.32 Å². The summed E-state index contributed by atoms with van der Waals surface area (Å²) in [7, 11) is 0. The van der Waals surface area contributed by atoms with E-state index in [0.717, 1.165) is 28.2 Å². The molecule has 28 heavy (non-hydrogen) atoms. The average molecular weight is 388 g/mol. The fourth-order valence-corrected chi connectivity index (χ4v) is 3.03. The van der Waals surface area contributed by atoms with Crippen LogP contribution in [0.5, 0.6) is 0 Å². The average Bonchev–Trinajstić information content (AvgIpc) is 3.17. The topological polar surface area (TPSA) is 46.9 Å². The summed E-state index contributed by atoms with van der Waals surface area (Å²) in [6.45, 7) is 2.01. The van der Waals surface area contributed by atoms with Crippen LogP contribution in [-0.2, 0) is 0 Å². The Hall–Kier alpha value is -3.37. The van der Waals surface area contributed by atoms with E-state index in [1.54, 1.807) is 22.9 Å². The number of aryl methyl sites for hydroxylation is 1. The summed E-state index contributed by atoms with van der Waals surface area (Å²) in [4.78, 5) is 13.0. The lowest BCUT2D eigenvalue weighted by Gasteiger charge is -2.09. The molecule has 1 amide bonds. The summed E-state index contributed by atoms with van der Waals surface area (Å²) in [5.74, 6) is -0.228. The van der Waals surface area contributed by atoms with Gasteiger partial charge in [0, 0.05) is 16.3 Å². The molecule has 1 N–H and O–H groups in total. The molecule has 138 valence electrons. The minimum Gasteiger partial charge on any atom is -0.321 e. The molecule has 0 unspecified atom stereocenters. The van der Waals surface area contributed by atoms with Crippen LogP contribution in [-0.4, -0.2) is 15.7 Å². The maximum Gasteiger partial charge on any atom is 0.274 e. The molecule has 1 heterocycles. The molecule has 1 aromatic heterocycles. The van der Waals surface area contributed by atoms with Crippen molar-refractivity contribution in [3.63, 3.8) is 0 Å². The van der Waals surface area contributed by atoms with Gasteiger partial charge in [0.25, 0.3) is 5.91 Å². The van der Waals surface area contributed by atoms with Crippen molar-refractivity contribution in [1.82, 2.24) is 9.78 Å². The third-order valence-corrected chi connectivity index (χ3v) is 4.64. The molecule has 4 rings (SSSR count). The molecule has 0 aliphatic rings. The van der Waals surface area contributed by atoms with Gasteiger partial charge in [-0.2, -0.15) is 5.10 Å². The molecule has 0 fully saturated rings. The molecule has 0 saturated carbocycles. The van der Waals surface area contributed by atoms with E-state index in [4.69, 9.17) is 11.6 Å². The third kappa shape index (κ3) is 3.82. The number of rotatable bonds is 4. The van der Waals surface area contributed by atoms with Crippen molar-refractivity contribution in [1.29, 1.82) is 0 Å². The highest BCUT2D eigenvalue weighted by Crippen LogP contribution is 2.23. The lowest BCUT2D eigenvalue weighted by Crippen LogP contribution is -2.16. The standard InChI is InChI=1S/C23H18ClN3O/c1-16-7-11-19(12-8-16)25-23(28)22-15-21(17-5-3-2-4-6-17)26-27(22)20-13-9-18(24)10-14-20/h2-15H,1H3,(H,25,28). The maximum absolute atomic E-state index is 13.0. The molecule has 0 saturated heterocycles. The summed E-state index contributed by atoms with van der Waals surface area (Å²) >= 11 is 6.01. The molecule has 0 atom stereocenters. The first-order valence-corrected chi connectivity index (χ1v) is 9.27. The van der Waals surface area contributed by atoms with Crippen LogP contribution >= 0.6 is 11.6 Å². The first kappa shape index (κ1) is 18.0. The van der Waals surface area contributed by atoms with Crippen molar-refractivity contribution in [3.8, 4) is 16.9 Å². The summed E-state index contributed by atoms with van der Waals surface area (Å²) in [6.07, 6.45) is 0. The van der Waals surface area contributed by atoms with Crippen molar-refractivity contribution in [2.75, 3.05) is 5.32 Å². The van der Waals surface area contributed by atoms with Gasteiger partial charge in [0.2, 0.25) is 0 Å². The van der Waals surface area contributed by atoms with Crippen LogP contribution in [0.1, 0.15) is 16.1 Å². The monoisotopic (exact) mass is 387 g/mol. The molecule has 0 radical (unpaired) electrons. The number of halogens is 1. The summed E-state index contributed by atoms with van der Waals surface area (Å²) in [5, 5.41) is 8.25. The van der Waals surface area contributed by atoms with E-state index < -0.39 is 0 Å². The molecule has 0 aliphatic heterocycles. The number of nitrogens with zero attached hydrogens (tertiary/aromatic N) is 2. The number of nitrogens with one attached hydrogen (secondary N) is 1. The van der Waals surface area contributed by atoms with Crippen LogP contribution in [0.2, 0.25) is 5.02 Å². The molecule has 4 aromatic rings. The number of aromatic nitrogens is 2. The van der Waals surface area contributed by atoms with E-state index >= 15 is 0 Å². The van der Waals surface area contributed by atoms with Gasteiger partial charge in [0.1, 0.15) is 5.69 Å². The van der Waals surface area contributed by atoms with E-state index in [1.165, 1.54) is 0 Å². The van der Waals surface area contributed by atoms with Gasteiger partial charge in [0.05, 0.1) is 11.4 Å². The fraction of sp³-hybridized carbons (Fsp3) is 0.0435. The van der Waals surface area contributed by atoms with Crippen LogP contribution < -0.4 is 5.32 Å². The summed E-state index contributed by atoms with van der Waals surface area (Å²) in [5.41, 5.74) is 4.75. The number of carbonyl (C=O) groups excluding carboxylic acids is 1. The fourth-order valence-electron chi connectivity index (χ4n) is 2.90. The molecule has 0 aliphatic carbocycles. The van der Waals surface area contributed by atoms with Crippen LogP contribution in [0.4, 0.5) is 5.69 Å². The number of carbonyl (C=O) groups is 1. The van der Waals surface area contributed by atoms with Crippen molar-refractivity contribution in [2.24, 2.45) is 0 Å². The number of amides is 1. The largest absolute Gasteiger partial charge is 0.321 e. The van der Waals surface area contributed by atoms with E-state index in [1.807, 2.05) is 73.7 Å². The maximum atomic E-state index is 13.0. The second kappa shape index (κ2) is 7.71. The van der Waals surface area contributed by atoms with Crippen LogP contribution in [0.25, 0.3) is 16.9 Å². The van der Waals surface area contributed by atoms with E-state index in [2.05, 4.69) is 10.4 Å². The van der Waals surface area contributed by atoms with Crippen LogP contribution in [0.3, 0.4) is 0 Å². The minimum absolute atomic E-state index is 0.228. The smallest absolute Gasteiger partial charge is 0.274 e. The van der Waals surface area contributed by atoms with E-state index in [0.29, 0.717) is 10.7 Å². The van der Waals surface area contributed by atoms with Gasteiger partial charge in [0.15, 0.2) is 0 Å². The molecular formula is C23H18ClN3O. The van der Waals surface area contributed by atoms with Crippen molar-refractivity contribution in [2.45, 2.75) is 6.92 Å². The van der Waals surface area contributed by atoms with Crippen LogP contribution in [0.15, 0.2) is 84.9 Å². The predicted octanol–water partition coefficient (Wildman–Crippen LogP) is 5.75. The second-order valence-electron chi connectivity index (χ2n) is 6.49. The Morgan fingerprint density at radius 1 is 0.929 bits per heavy atom. The van der Waals surface area contributed by atoms with E-state index in [9.17, 15) is 4.79 Å². The normalized spacial score (nSPS) is 10.6. The number of benzene rings is 3. The first-order valence-electron chi connectivity index (χ1n) is 8.89. The Balaban J connectivity index is 1.75. The van der Waals surface area contributed by atoms with Crippen molar-refractivity contribution in [3.05, 3.63) is 101 Å². The first-order chi connectivity index (χ1) is 13.6. The zero-order chi connectivity index (χ0) is 19.5. The molecule has 4 nitrogen and oxygen atoms in total. The quantitative estimate of drug-likeness (QED) is 0.484. The van der Waals surface area contributed by atoms with Crippen LogP contribution in [0, 0.1) is 6.92 Å². The Bertz CT molecular complexity index is 1100. The van der Waals surface area contributed by atoms with Gasteiger partial charge in [-0.05, 0) is 49.4 Å². The number of anilines is 1. The van der Waals surface area contributed by atoms with Gasteiger partial charge in [-0.25, -0.2) is 4.68 Å².